The number of anilines is 1. The quantitative estimate of drug-likeness (QED) is 0.237. The number of carbonyl (C=O) groups is 1. The average molecular weight is 594 g/mol. The molecule has 210 valence electrons. The predicted molar refractivity (Wildman–Crippen MR) is 125 cm³/mol. The first-order chi connectivity index (χ1) is 18.5. The van der Waals surface area contributed by atoms with Crippen molar-refractivity contribution in [1.29, 1.82) is 0 Å². The fourth-order valence-corrected chi connectivity index (χ4v) is 3.75. The van der Waals surface area contributed by atoms with Gasteiger partial charge >= 0.3 is 18.7 Å². The Hall–Kier alpha value is -4.20. The monoisotopic (exact) mass is 593 g/mol. The van der Waals surface area contributed by atoms with Crippen molar-refractivity contribution in [3.05, 3.63) is 94.6 Å². The molecule has 1 heterocycles. The van der Waals surface area contributed by atoms with Crippen molar-refractivity contribution in [1.82, 2.24) is 9.78 Å². The standard InChI is InChI=1S/C25H13ClF9N3O2/c26-16-3-1-2-4-18(16)38-19(12-21(37-38)24(30,31)32)13-5-7-14(8-6-13)22(39)36-17-11-15(23(27,28)29)9-10-20(17)40-25(33,34)35/h1-12H,(H,36,39). The molecule has 0 spiro atoms. The maximum atomic E-state index is 13.4. The minimum absolute atomic E-state index is 0.0638. The summed E-state index contributed by atoms with van der Waals surface area (Å²) in [6, 6.07) is 12.4. The molecule has 0 saturated heterocycles. The minimum Gasteiger partial charge on any atom is -0.404 e. The highest BCUT2D eigenvalue weighted by Crippen LogP contribution is 2.38. The summed E-state index contributed by atoms with van der Waals surface area (Å²) in [5.74, 6) is -2.21. The van der Waals surface area contributed by atoms with Crippen molar-refractivity contribution < 1.29 is 49.0 Å². The third kappa shape index (κ3) is 6.50. The van der Waals surface area contributed by atoms with Crippen LogP contribution in [0.25, 0.3) is 16.9 Å². The molecule has 0 fully saturated rings. The van der Waals surface area contributed by atoms with Gasteiger partial charge in [0.25, 0.3) is 5.91 Å². The lowest BCUT2D eigenvalue weighted by Gasteiger charge is -2.16. The van der Waals surface area contributed by atoms with Gasteiger partial charge in [0, 0.05) is 11.1 Å². The van der Waals surface area contributed by atoms with Gasteiger partial charge in [-0.1, -0.05) is 35.9 Å². The molecule has 5 nitrogen and oxygen atoms in total. The number of aromatic nitrogens is 2. The molecule has 0 atom stereocenters. The normalized spacial score (nSPS) is 12.3. The van der Waals surface area contributed by atoms with Gasteiger partial charge in [-0.15, -0.1) is 13.2 Å². The largest absolute Gasteiger partial charge is 0.573 e. The van der Waals surface area contributed by atoms with Gasteiger partial charge in [-0.3, -0.25) is 4.79 Å². The molecular weight excluding hydrogens is 581 g/mol. The molecule has 0 aliphatic rings. The number of hydrogen-bond donors (Lipinski definition) is 1. The Balaban J connectivity index is 1.68. The predicted octanol–water partition coefficient (Wildman–Crippen LogP) is 8.38. The summed E-state index contributed by atoms with van der Waals surface area (Å²) < 4.78 is 122. The number of halogens is 10. The van der Waals surface area contributed by atoms with Gasteiger partial charge in [0.15, 0.2) is 11.4 Å². The van der Waals surface area contributed by atoms with E-state index in [-0.39, 0.29) is 33.6 Å². The summed E-state index contributed by atoms with van der Waals surface area (Å²) >= 11 is 6.13. The van der Waals surface area contributed by atoms with Crippen molar-refractivity contribution in [2.24, 2.45) is 0 Å². The molecule has 4 rings (SSSR count). The van der Waals surface area contributed by atoms with Gasteiger partial charge in [0.05, 0.1) is 27.7 Å². The van der Waals surface area contributed by atoms with Crippen LogP contribution in [0.2, 0.25) is 5.02 Å². The SMILES string of the molecule is O=C(Nc1cc(C(F)(F)F)ccc1OC(F)(F)F)c1ccc(-c2cc(C(F)(F)F)nn2-c2ccccc2Cl)cc1. The fraction of sp³-hybridized carbons (Fsp3) is 0.120. The van der Waals surface area contributed by atoms with Crippen LogP contribution in [-0.4, -0.2) is 22.1 Å². The highest BCUT2D eigenvalue weighted by Gasteiger charge is 2.36. The molecule has 1 amide bonds. The molecule has 0 radical (unpaired) electrons. The molecule has 3 aromatic carbocycles. The number of carbonyl (C=O) groups excluding carboxylic acids is 1. The second-order valence-corrected chi connectivity index (χ2v) is 8.47. The number of nitrogens with one attached hydrogen (secondary N) is 1. The first-order valence-corrected chi connectivity index (χ1v) is 11.2. The van der Waals surface area contributed by atoms with E-state index in [2.05, 4.69) is 9.84 Å². The first-order valence-electron chi connectivity index (χ1n) is 10.8. The Morgan fingerprint density at radius 1 is 0.825 bits per heavy atom. The van der Waals surface area contributed by atoms with E-state index in [0.29, 0.717) is 12.1 Å². The van der Waals surface area contributed by atoms with Crippen LogP contribution in [0, 0.1) is 0 Å². The number of nitrogens with zero attached hydrogens (tertiary/aromatic N) is 2. The van der Waals surface area contributed by atoms with Crippen LogP contribution in [0.4, 0.5) is 45.2 Å². The van der Waals surface area contributed by atoms with Crippen LogP contribution in [-0.2, 0) is 12.4 Å². The molecule has 0 aliphatic heterocycles. The Labute approximate surface area is 223 Å². The van der Waals surface area contributed by atoms with Gasteiger partial charge in [-0.05, 0) is 48.5 Å². The summed E-state index contributed by atoms with van der Waals surface area (Å²) in [6.07, 6.45) is -15.0. The molecule has 15 heteroatoms. The number of ether oxygens (including phenoxy) is 1. The van der Waals surface area contributed by atoms with Crippen molar-refractivity contribution in [2.45, 2.75) is 18.7 Å². The van der Waals surface area contributed by atoms with E-state index in [4.69, 9.17) is 11.6 Å². The molecular formula is C25H13ClF9N3O2. The zero-order valence-corrected chi connectivity index (χ0v) is 20.2. The number of amides is 1. The molecule has 0 unspecified atom stereocenters. The number of benzene rings is 3. The van der Waals surface area contributed by atoms with Crippen molar-refractivity contribution in [3.63, 3.8) is 0 Å². The summed E-state index contributed by atoms with van der Waals surface area (Å²) in [6.45, 7) is 0. The van der Waals surface area contributed by atoms with Crippen molar-refractivity contribution in [2.75, 3.05) is 5.32 Å². The lowest BCUT2D eigenvalue weighted by molar-refractivity contribution is -0.274. The third-order valence-corrected chi connectivity index (χ3v) is 5.62. The molecule has 1 aromatic heterocycles. The van der Waals surface area contributed by atoms with E-state index in [1.54, 1.807) is 6.07 Å². The minimum atomic E-state index is -5.26. The first kappa shape index (κ1) is 28.8. The van der Waals surface area contributed by atoms with Crippen molar-refractivity contribution >= 4 is 23.2 Å². The number of rotatable bonds is 5. The van der Waals surface area contributed by atoms with Gasteiger partial charge in [0.1, 0.15) is 0 Å². The summed E-state index contributed by atoms with van der Waals surface area (Å²) in [5.41, 5.74) is -3.53. The van der Waals surface area contributed by atoms with Crippen molar-refractivity contribution in [3.8, 4) is 22.7 Å². The topological polar surface area (TPSA) is 56.1 Å². The molecule has 0 saturated carbocycles. The highest BCUT2D eigenvalue weighted by molar-refractivity contribution is 6.32. The van der Waals surface area contributed by atoms with E-state index in [9.17, 15) is 44.3 Å². The zero-order valence-electron chi connectivity index (χ0n) is 19.4. The Morgan fingerprint density at radius 3 is 2.05 bits per heavy atom. The van der Waals surface area contributed by atoms with Crippen LogP contribution < -0.4 is 10.1 Å². The molecule has 0 bridgehead atoms. The van der Waals surface area contributed by atoms with Gasteiger partial charge in [0.2, 0.25) is 0 Å². The van der Waals surface area contributed by atoms with Crippen LogP contribution >= 0.6 is 11.6 Å². The number of para-hydroxylation sites is 1. The zero-order chi connectivity index (χ0) is 29.5. The Kier molecular flexibility index (Phi) is 7.49. The molecule has 1 N–H and O–H groups in total. The molecule has 40 heavy (non-hydrogen) atoms. The lowest BCUT2D eigenvalue weighted by Crippen LogP contribution is -2.20. The fourth-order valence-electron chi connectivity index (χ4n) is 3.54. The van der Waals surface area contributed by atoms with Gasteiger partial charge in [-0.25, -0.2) is 4.68 Å². The maximum absolute atomic E-state index is 13.4. The summed E-state index contributed by atoms with van der Waals surface area (Å²) in [7, 11) is 0. The van der Waals surface area contributed by atoms with Gasteiger partial charge in [-0.2, -0.15) is 31.4 Å². The van der Waals surface area contributed by atoms with E-state index in [1.807, 2.05) is 5.32 Å². The Bertz CT molecular complexity index is 1540. The van der Waals surface area contributed by atoms with Gasteiger partial charge < -0.3 is 10.1 Å². The summed E-state index contributed by atoms with van der Waals surface area (Å²) in [4.78, 5) is 12.7. The van der Waals surface area contributed by atoms with Crippen LogP contribution in [0.3, 0.4) is 0 Å². The summed E-state index contributed by atoms with van der Waals surface area (Å²) in [5, 5.41) is 5.63. The molecule has 0 aliphatic carbocycles. The second-order valence-electron chi connectivity index (χ2n) is 8.06. The number of alkyl halides is 9. The average Bonchev–Trinajstić information content (AvgIpc) is 3.30. The Morgan fingerprint density at radius 2 is 1.48 bits per heavy atom. The lowest BCUT2D eigenvalue weighted by atomic mass is 10.1. The van der Waals surface area contributed by atoms with E-state index in [0.717, 1.165) is 22.9 Å². The third-order valence-electron chi connectivity index (χ3n) is 5.30. The van der Waals surface area contributed by atoms with Crippen LogP contribution in [0.5, 0.6) is 5.75 Å². The smallest absolute Gasteiger partial charge is 0.404 e. The van der Waals surface area contributed by atoms with Crippen LogP contribution in [0.1, 0.15) is 21.6 Å². The van der Waals surface area contributed by atoms with E-state index in [1.165, 1.54) is 30.3 Å². The highest BCUT2D eigenvalue weighted by atomic mass is 35.5. The number of hydrogen-bond acceptors (Lipinski definition) is 3. The second kappa shape index (κ2) is 10.4. The molecule has 4 aromatic rings. The van der Waals surface area contributed by atoms with Crippen LogP contribution in [0.15, 0.2) is 72.8 Å². The van der Waals surface area contributed by atoms with E-state index < -0.39 is 47.3 Å². The maximum Gasteiger partial charge on any atom is 0.573 e. The van der Waals surface area contributed by atoms with E-state index >= 15 is 0 Å².